The number of hydrogen-bond acceptors (Lipinski definition) is 5. The number of carbonyl (C=O) groups is 1. The quantitative estimate of drug-likeness (QED) is 0.692. The topological polar surface area (TPSA) is 71.0 Å². The van der Waals surface area contributed by atoms with E-state index in [0.29, 0.717) is 32.7 Å². The summed E-state index contributed by atoms with van der Waals surface area (Å²) in [4.78, 5) is 14.4. The molecule has 0 bridgehead atoms. The third-order valence-electron chi connectivity index (χ3n) is 4.11. The molecule has 0 aliphatic carbocycles. The van der Waals surface area contributed by atoms with Crippen LogP contribution in [0, 0.1) is 0 Å². The standard InChI is InChI=1S/C17H26N2O4/c1-22-10-8-18-13-17(21)7-4-9-19(16(17)20)12-14-5-3-6-15(11-14)23-2/h3,5-6,11,18,21H,4,7-10,12-13H2,1-2H3/t17-/m1/s1. The molecular weight excluding hydrogens is 296 g/mol. The normalized spacial score (nSPS) is 21.5. The molecule has 1 atom stereocenters. The van der Waals surface area contributed by atoms with Crippen LogP contribution in [0.1, 0.15) is 18.4 Å². The molecule has 1 fully saturated rings. The zero-order valence-electron chi connectivity index (χ0n) is 13.9. The third kappa shape index (κ3) is 4.67. The molecule has 23 heavy (non-hydrogen) atoms. The highest BCUT2D eigenvalue weighted by molar-refractivity contribution is 5.86. The van der Waals surface area contributed by atoms with Gasteiger partial charge in [-0.15, -0.1) is 0 Å². The number of methoxy groups -OCH3 is 2. The van der Waals surface area contributed by atoms with E-state index < -0.39 is 5.60 Å². The summed E-state index contributed by atoms with van der Waals surface area (Å²) in [6.07, 6.45) is 1.28. The van der Waals surface area contributed by atoms with E-state index in [1.54, 1.807) is 19.1 Å². The van der Waals surface area contributed by atoms with E-state index in [1.165, 1.54) is 0 Å². The van der Waals surface area contributed by atoms with Crippen molar-refractivity contribution in [2.75, 3.05) is 40.5 Å². The highest BCUT2D eigenvalue weighted by Gasteiger charge is 2.41. The summed E-state index contributed by atoms with van der Waals surface area (Å²) >= 11 is 0. The Morgan fingerprint density at radius 1 is 1.39 bits per heavy atom. The largest absolute Gasteiger partial charge is 0.497 e. The molecule has 1 aromatic carbocycles. The van der Waals surface area contributed by atoms with Gasteiger partial charge >= 0.3 is 0 Å². The second-order valence-corrected chi connectivity index (χ2v) is 5.88. The Bertz CT molecular complexity index is 523. The highest BCUT2D eigenvalue weighted by atomic mass is 16.5. The first kappa shape index (κ1) is 17.7. The van der Waals surface area contributed by atoms with Gasteiger partial charge in [-0.1, -0.05) is 12.1 Å². The molecule has 6 nitrogen and oxygen atoms in total. The van der Waals surface area contributed by atoms with Crippen LogP contribution < -0.4 is 10.1 Å². The van der Waals surface area contributed by atoms with Gasteiger partial charge in [0.2, 0.25) is 0 Å². The van der Waals surface area contributed by atoms with Crippen LogP contribution in [-0.4, -0.2) is 62.0 Å². The predicted octanol–water partition coefficient (Wildman–Crippen LogP) is 0.785. The van der Waals surface area contributed by atoms with E-state index in [9.17, 15) is 9.90 Å². The van der Waals surface area contributed by atoms with Gasteiger partial charge < -0.3 is 24.8 Å². The molecule has 2 N–H and O–H groups in total. The first-order chi connectivity index (χ1) is 11.1. The fourth-order valence-corrected chi connectivity index (χ4v) is 2.84. The number of hydrogen-bond donors (Lipinski definition) is 2. The maximum atomic E-state index is 12.6. The van der Waals surface area contributed by atoms with Crippen molar-refractivity contribution in [1.82, 2.24) is 10.2 Å². The molecule has 0 aromatic heterocycles. The molecule has 0 radical (unpaired) electrons. The van der Waals surface area contributed by atoms with Crippen LogP contribution in [0.15, 0.2) is 24.3 Å². The molecule has 1 heterocycles. The molecule has 6 heteroatoms. The predicted molar refractivity (Wildman–Crippen MR) is 87.3 cm³/mol. The van der Waals surface area contributed by atoms with Gasteiger partial charge in [0.05, 0.1) is 13.7 Å². The second-order valence-electron chi connectivity index (χ2n) is 5.88. The summed E-state index contributed by atoms with van der Waals surface area (Å²) in [6, 6.07) is 7.65. The van der Waals surface area contributed by atoms with E-state index in [-0.39, 0.29) is 12.5 Å². The summed E-state index contributed by atoms with van der Waals surface area (Å²) in [5, 5.41) is 13.8. The molecule has 0 unspecified atom stereocenters. The minimum atomic E-state index is -1.33. The van der Waals surface area contributed by atoms with Gasteiger partial charge in [0.1, 0.15) is 5.75 Å². The van der Waals surface area contributed by atoms with E-state index in [2.05, 4.69) is 5.32 Å². The minimum absolute atomic E-state index is 0.212. The van der Waals surface area contributed by atoms with Crippen LogP contribution in [0.25, 0.3) is 0 Å². The summed E-state index contributed by atoms with van der Waals surface area (Å²) in [5.41, 5.74) is -0.334. The van der Waals surface area contributed by atoms with Gasteiger partial charge in [-0.05, 0) is 30.5 Å². The van der Waals surface area contributed by atoms with Crippen LogP contribution in [-0.2, 0) is 16.1 Å². The Morgan fingerprint density at radius 2 is 2.22 bits per heavy atom. The van der Waals surface area contributed by atoms with Gasteiger partial charge in [-0.3, -0.25) is 4.79 Å². The molecular formula is C17H26N2O4. The van der Waals surface area contributed by atoms with Gasteiger partial charge in [0.25, 0.3) is 5.91 Å². The number of likely N-dealkylation sites (tertiary alicyclic amines) is 1. The minimum Gasteiger partial charge on any atom is -0.497 e. The van der Waals surface area contributed by atoms with Crippen molar-refractivity contribution in [2.24, 2.45) is 0 Å². The number of ether oxygens (including phenoxy) is 2. The Kier molecular flexibility index (Phi) is 6.38. The van der Waals surface area contributed by atoms with Crippen molar-refractivity contribution in [3.8, 4) is 5.75 Å². The molecule has 0 saturated carbocycles. The van der Waals surface area contributed by atoms with Crippen molar-refractivity contribution >= 4 is 5.91 Å². The average molecular weight is 322 g/mol. The second kappa shape index (κ2) is 8.29. The smallest absolute Gasteiger partial charge is 0.256 e. The average Bonchev–Trinajstić information content (AvgIpc) is 2.56. The van der Waals surface area contributed by atoms with Crippen LogP contribution in [0.5, 0.6) is 5.75 Å². The van der Waals surface area contributed by atoms with Crippen molar-refractivity contribution in [3.63, 3.8) is 0 Å². The van der Waals surface area contributed by atoms with E-state index in [0.717, 1.165) is 17.7 Å². The van der Waals surface area contributed by atoms with Gasteiger partial charge in [-0.25, -0.2) is 0 Å². The van der Waals surface area contributed by atoms with Gasteiger partial charge in [0, 0.05) is 33.3 Å². The first-order valence-electron chi connectivity index (χ1n) is 7.93. The Balaban J connectivity index is 1.98. The number of rotatable bonds is 8. The lowest BCUT2D eigenvalue weighted by molar-refractivity contribution is -0.157. The van der Waals surface area contributed by atoms with Gasteiger partial charge in [-0.2, -0.15) is 0 Å². The Hall–Kier alpha value is -1.63. The number of nitrogens with one attached hydrogen (secondary N) is 1. The van der Waals surface area contributed by atoms with Crippen LogP contribution in [0.2, 0.25) is 0 Å². The summed E-state index contributed by atoms with van der Waals surface area (Å²) in [5.74, 6) is 0.555. The zero-order valence-corrected chi connectivity index (χ0v) is 13.9. The van der Waals surface area contributed by atoms with Crippen molar-refractivity contribution in [3.05, 3.63) is 29.8 Å². The summed E-state index contributed by atoms with van der Waals surface area (Å²) < 4.78 is 10.2. The molecule has 0 spiro atoms. The lowest BCUT2D eigenvalue weighted by Crippen LogP contribution is -2.57. The fraction of sp³-hybridized carbons (Fsp3) is 0.588. The lowest BCUT2D eigenvalue weighted by atomic mass is 9.91. The van der Waals surface area contributed by atoms with E-state index in [1.807, 2.05) is 24.3 Å². The number of amides is 1. The number of nitrogens with zero attached hydrogens (tertiary/aromatic N) is 1. The molecule has 128 valence electrons. The third-order valence-corrected chi connectivity index (χ3v) is 4.11. The zero-order chi connectivity index (χ0) is 16.7. The highest BCUT2D eigenvalue weighted by Crippen LogP contribution is 2.24. The Morgan fingerprint density at radius 3 is 2.96 bits per heavy atom. The lowest BCUT2D eigenvalue weighted by Gasteiger charge is -2.38. The first-order valence-corrected chi connectivity index (χ1v) is 7.93. The van der Waals surface area contributed by atoms with Crippen LogP contribution in [0.3, 0.4) is 0 Å². The molecule has 1 aromatic rings. The van der Waals surface area contributed by atoms with E-state index >= 15 is 0 Å². The van der Waals surface area contributed by atoms with E-state index in [4.69, 9.17) is 9.47 Å². The van der Waals surface area contributed by atoms with Crippen molar-refractivity contribution < 1.29 is 19.4 Å². The number of benzene rings is 1. The number of carbonyl (C=O) groups excluding carboxylic acids is 1. The monoisotopic (exact) mass is 322 g/mol. The van der Waals surface area contributed by atoms with Crippen LogP contribution >= 0.6 is 0 Å². The summed E-state index contributed by atoms with van der Waals surface area (Å²) in [6.45, 7) is 2.57. The molecule has 1 amide bonds. The molecule has 2 rings (SSSR count). The Labute approximate surface area is 137 Å². The number of aliphatic hydroxyl groups is 1. The maximum Gasteiger partial charge on any atom is 0.256 e. The molecule has 1 aliphatic heterocycles. The molecule has 1 aliphatic rings. The van der Waals surface area contributed by atoms with Gasteiger partial charge in [0.15, 0.2) is 5.60 Å². The number of piperidine rings is 1. The maximum absolute atomic E-state index is 12.6. The molecule has 1 saturated heterocycles. The van der Waals surface area contributed by atoms with Crippen molar-refractivity contribution in [1.29, 1.82) is 0 Å². The van der Waals surface area contributed by atoms with Crippen LogP contribution in [0.4, 0.5) is 0 Å². The SMILES string of the molecule is COCCNC[C@]1(O)CCCN(Cc2cccc(OC)c2)C1=O. The fourth-order valence-electron chi connectivity index (χ4n) is 2.84. The summed E-state index contributed by atoms with van der Waals surface area (Å²) in [7, 11) is 3.24. The van der Waals surface area contributed by atoms with Crippen molar-refractivity contribution in [2.45, 2.75) is 25.0 Å².